The van der Waals surface area contributed by atoms with Gasteiger partial charge in [-0.1, -0.05) is 20.8 Å². The summed E-state index contributed by atoms with van der Waals surface area (Å²) >= 11 is 0. The van der Waals surface area contributed by atoms with Crippen LogP contribution in [0.3, 0.4) is 0 Å². The number of carbonyl (C=O) groups excluding carboxylic acids is 1. The average Bonchev–Trinajstić information content (AvgIpc) is 2.62. The maximum Gasteiger partial charge on any atom is 0.410 e. The first-order valence-corrected chi connectivity index (χ1v) is 14.1. The molecular formula is C22H47NO7Si. The SMILES string of the molecule is CN(CCOCCOCCOCCOCCO[Si](C)(C)C(C)(C)C)C(=O)OC(C)(C)C. The van der Waals surface area contributed by atoms with Gasteiger partial charge in [0.05, 0.1) is 59.5 Å². The van der Waals surface area contributed by atoms with E-state index in [1.54, 1.807) is 7.05 Å². The van der Waals surface area contributed by atoms with Gasteiger partial charge in [0.2, 0.25) is 0 Å². The molecule has 0 aromatic carbocycles. The molecule has 0 unspecified atom stereocenters. The monoisotopic (exact) mass is 465 g/mol. The van der Waals surface area contributed by atoms with E-state index in [0.717, 1.165) is 0 Å². The molecule has 0 aliphatic heterocycles. The number of hydrogen-bond acceptors (Lipinski definition) is 7. The van der Waals surface area contributed by atoms with Crippen LogP contribution in [0, 0.1) is 0 Å². The summed E-state index contributed by atoms with van der Waals surface area (Å²) in [5.74, 6) is 0. The third-order valence-corrected chi connectivity index (χ3v) is 9.43. The molecule has 0 bridgehead atoms. The molecule has 0 aromatic heterocycles. The van der Waals surface area contributed by atoms with Gasteiger partial charge in [0.1, 0.15) is 5.60 Å². The molecule has 186 valence electrons. The summed E-state index contributed by atoms with van der Waals surface area (Å²) < 4.78 is 33.3. The fourth-order valence-electron chi connectivity index (χ4n) is 1.97. The predicted molar refractivity (Wildman–Crippen MR) is 125 cm³/mol. The summed E-state index contributed by atoms with van der Waals surface area (Å²) in [5, 5.41) is 0.220. The second kappa shape index (κ2) is 15.2. The van der Waals surface area contributed by atoms with Crippen molar-refractivity contribution in [2.75, 3.05) is 73.1 Å². The molecule has 0 saturated heterocycles. The van der Waals surface area contributed by atoms with E-state index in [-0.39, 0.29) is 11.1 Å². The van der Waals surface area contributed by atoms with Crippen molar-refractivity contribution < 1.29 is 32.9 Å². The van der Waals surface area contributed by atoms with E-state index >= 15 is 0 Å². The van der Waals surface area contributed by atoms with E-state index in [0.29, 0.717) is 66.0 Å². The molecule has 8 nitrogen and oxygen atoms in total. The van der Waals surface area contributed by atoms with E-state index in [4.69, 9.17) is 28.1 Å². The largest absolute Gasteiger partial charge is 0.444 e. The smallest absolute Gasteiger partial charge is 0.410 e. The summed E-state index contributed by atoms with van der Waals surface area (Å²) in [4.78, 5) is 13.3. The van der Waals surface area contributed by atoms with Gasteiger partial charge in [0.15, 0.2) is 8.32 Å². The normalized spacial score (nSPS) is 12.8. The number of rotatable bonds is 16. The first-order valence-electron chi connectivity index (χ1n) is 11.2. The van der Waals surface area contributed by atoms with Gasteiger partial charge in [-0.3, -0.25) is 0 Å². The molecule has 31 heavy (non-hydrogen) atoms. The van der Waals surface area contributed by atoms with Crippen LogP contribution < -0.4 is 0 Å². The Bertz CT molecular complexity index is 475. The van der Waals surface area contributed by atoms with Crippen LogP contribution in [0.4, 0.5) is 4.79 Å². The number of amides is 1. The molecule has 0 spiro atoms. The fourth-order valence-corrected chi connectivity index (χ4v) is 2.99. The van der Waals surface area contributed by atoms with Crippen LogP contribution in [0.15, 0.2) is 0 Å². The summed E-state index contributed by atoms with van der Waals surface area (Å²) in [7, 11) is 0.00272. The van der Waals surface area contributed by atoms with E-state index < -0.39 is 13.9 Å². The fraction of sp³-hybridized carbons (Fsp3) is 0.955. The second-order valence-electron chi connectivity index (χ2n) is 9.96. The van der Waals surface area contributed by atoms with Crippen molar-refractivity contribution >= 4 is 14.4 Å². The summed E-state index contributed by atoms with van der Waals surface area (Å²) in [5.41, 5.74) is -0.493. The van der Waals surface area contributed by atoms with Crippen molar-refractivity contribution in [1.29, 1.82) is 0 Å². The maximum atomic E-state index is 11.8. The van der Waals surface area contributed by atoms with Crippen LogP contribution in [-0.4, -0.2) is 98.0 Å². The van der Waals surface area contributed by atoms with Crippen molar-refractivity contribution in [2.24, 2.45) is 0 Å². The Labute approximate surface area is 191 Å². The first-order chi connectivity index (χ1) is 14.3. The third-order valence-electron chi connectivity index (χ3n) is 4.89. The van der Waals surface area contributed by atoms with E-state index in [2.05, 4.69) is 33.9 Å². The summed E-state index contributed by atoms with van der Waals surface area (Å²) in [6.07, 6.45) is -0.350. The highest BCUT2D eigenvalue weighted by Crippen LogP contribution is 2.36. The lowest BCUT2D eigenvalue weighted by Gasteiger charge is -2.36. The highest BCUT2D eigenvalue weighted by Gasteiger charge is 2.36. The van der Waals surface area contributed by atoms with Gasteiger partial charge in [-0.2, -0.15) is 0 Å². The number of carbonyl (C=O) groups is 1. The van der Waals surface area contributed by atoms with Crippen molar-refractivity contribution in [3.63, 3.8) is 0 Å². The molecule has 0 aliphatic rings. The maximum absolute atomic E-state index is 11.8. The lowest BCUT2D eigenvalue weighted by molar-refractivity contribution is -0.00815. The van der Waals surface area contributed by atoms with Gasteiger partial charge in [-0.25, -0.2) is 4.79 Å². The van der Waals surface area contributed by atoms with E-state index in [1.165, 1.54) is 4.90 Å². The van der Waals surface area contributed by atoms with Gasteiger partial charge in [-0.15, -0.1) is 0 Å². The quantitative estimate of drug-likeness (QED) is 0.252. The van der Waals surface area contributed by atoms with Crippen LogP contribution >= 0.6 is 0 Å². The van der Waals surface area contributed by atoms with Crippen LogP contribution in [0.5, 0.6) is 0 Å². The van der Waals surface area contributed by atoms with Gasteiger partial charge in [-0.05, 0) is 38.9 Å². The third kappa shape index (κ3) is 16.6. The minimum Gasteiger partial charge on any atom is -0.444 e. The van der Waals surface area contributed by atoms with Crippen LogP contribution in [-0.2, 0) is 28.1 Å². The zero-order valence-electron chi connectivity index (χ0n) is 21.4. The molecule has 0 radical (unpaired) electrons. The van der Waals surface area contributed by atoms with Gasteiger partial charge in [0.25, 0.3) is 0 Å². The van der Waals surface area contributed by atoms with Gasteiger partial charge in [0, 0.05) is 13.6 Å². The highest BCUT2D eigenvalue weighted by molar-refractivity contribution is 6.74. The minimum atomic E-state index is -1.69. The van der Waals surface area contributed by atoms with Crippen LogP contribution in [0.2, 0.25) is 18.1 Å². The Balaban J connectivity index is 3.42. The molecule has 0 aromatic rings. The minimum absolute atomic E-state index is 0.220. The van der Waals surface area contributed by atoms with E-state index in [1.807, 2.05) is 20.8 Å². The Morgan fingerprint density at radius 2 is 1.10 bits per heavy atom. The van der Waals surface area contributed by atoms with Gasteiger partial charge >= 0.3 is 6.09 Å². The Hall–Kier alpha value is -0.713. The summed E-state index contributed by atoms with van der Waals surface area (Å²) in [6.45, 7) is 21.9. The standard InChI is InChI=1S/C22H47NO7Si/c1-21(2,3)30-20(24)23(7)10-11-25-12-13-26-14-15-27-16-17-28-18-19-29-31(8,9)22(4,5)6/h10-19H2,1-9H3. The molecule has 0 rings (SSSR count). The molecule has 0 fully saturated rings. The second-order valence-corrected chi connectivity index (χ2v) is 14.8. The molecule has 0 aliphatic carbocycles. The Morgan fingerprint density at radius 3 is 1.48 bits per heavy atom. The van der Waals surface area contributed by atoms with E-state index in [9.17, 15) is 4.79 Å². The molecule has 0 saturated carbocycles. The van der Waals surface area contributed by atoms with Crippen LogP contribution in [0.25, 0.3) is 0 Å². The molecule has 1 amide bonds. The predicted octanol–water partition coefficient (Wildman–Crippen LogP) is 3.94. The van der Waals surface area contributed by atoms with Crippen LogP contribution in [0.1, 0.15) is 41.5 Å². The lowest BCUT2D eigenvalue weighted by Crippen LogP contribution is -2.41. The lowest BCUT2D eigenvalue weighted by atomic mass is 10.2. The molecular weight excluding hydrogens is 418 g/mol. The highest BCUT2D eigenvalue weighted by atomic mass is 28.4. The number of hydrogen-bond donors (Lipinski definition) is 0. The number of ether oxygens (including phenoxy) is 5. The zero-order chi connectivity index (χ0) is 24.0. The number of nitrogens with zero attached hydrogens (tertiary/aromatic N) is 1. The average molecular weight is 466 g/mol. The van der Waals surface area contributed by atoms with Crippen molar-refractivity contribution in [1.82, 2.24) is 4.90 Å². The topological polar surface area (TPSA) is 75.7 Å². The Morgan fingerprint density at radius 1 is 0.710 bits per heavy atom. The number of likely N-dealkylation sites (N-methyl/N-ethyl adjacent to an activating group) is 1. The van der Waals surface area contributed by atoms with Crippen molar-refractivity contribution in [2.45, 2.75) is 65.3 Å². The van der Waals surface area contributed by atoms with Crippen molar-refractivity contribution in [3.8, 4) is 0 Å². The van der Waals surface area contributed by atoms with Crippen molar-refractivity contribution in [3.05, 3.63) is 0 Å². The molecule has 0 heterocycles. The molecule has 0 N–H and O–H groups in total. The van der Waals surface area contributed by atoms with Gasteiger partial charge < -0.3 is 33.0 Å². The summed E-state index contributed by atoms with van der Waals surface area (Å²) in [6, 6.07) is 0. The zero-order valence-corrected chi connectivity index (χ0v) is 22.4. The first kappa shape index (κ1) is 30.3. The Kier molecular flexibility index (Phi) is 14.8. The molecule has 0 atom stereocenters. The molecule has 9 heteroatoms.